The molecule has 0 N–H and O–H groups in total. The molecule has 0 aromatic rings. The molecule has 0 saturated heterocycles. The molecular formula is C11H20O3. The van der Waals surface area contributed by atoms with E-state index < -0.39 is 0 Å². The number of hydrogen-bond acceptors (Lipinski definition) is 3. The van der Waals surface area contributed by atoms with Gasteiger partial charge in [-0.05, 0) is 32.6 Å². The van der Waals surface area contributed by atoms with Gasteiger partial charge in [-0.25, -0.2) is 4.79 Å². The van der Waals surface area contributed by atoms with Crippen LogP contribution >= 0.6 is 0 Å². The molecule has 1 atom stereocenters. The van der Waals surface area contributed by atoms with Crippen molar-refractivity contribution in [2.45, 2.75) is 45.6 Å². The first kappa shape index (κ1) is 11.5. The maximum atomic E-state index is 11.0. The molecule has 1 aliphatic rings. The van der Waals surface area contributed by atoms with Crippen molar-refractivity contribution in [3.63, 3.8) is 0 Å². The third-order valence-electron chi connectivity index (χ3n) is 2.83. The summed E-state index contributed by atoms with van der Waals surface area (Å²) in [6.45, 7) is 4.39. The smallest absolute Gasteiger partial charge is 0.332 e. The highest BCUT2D eigenvalue weighted by Gasteiger charge is 2.22. The normalized spacial score (nSPS) is 19.6. The average Bonchev–Trinajstić information content (AvgIpc) is 2.67. The van der Waals surface area contributed by atoms with Crippen molar-refractivity contribution in [3.05, 3.63) is 0 Å². The van der Waals surface area contributed by atoms with Gasteiger partial charge in [-0.15, -0.1) is 0 Å². The van der Waals surface area contributed by atoms with E-state index in [4.69, 9.17) is 9.47 Å². The van der Waals surface area contributed by atoms with E-state index in [1.165, 1.54) is 25.7 Å². The van der Waals surface area contributed by atoms with Crippen molar-refractivity contribution < 1.29 is 14.3 Å². The van der Waals surface area contributed by atoms with Gasteiger partial charge < -0.3 is 9.47 Å². The minimum Gasteiger partial charge on any atom is -0.464 e. The quantitative estimate of drug-likeness (QED) is 0.638. The molecule has 0 aromatic heterocycles. The fourth-order valence-electron chi connectivity index (χ4n) is 1.97. The third kappa shape index (κ3) is 3.66. The molecule has 1 aliphatic carbocycles. The average molecular weight is 200 g/mol. The van der Waals surface area contributed by atoms with E-state index in [0.717, 1.165) is 0 Å². The molecule has 1 saturated carbocycles. The summed E-state index contributed by atoms with van der Waals surface area (Å²) >= 11 is 0. The third-order valence-corrected chi connectivity index (χ3v) is 2.83. The van der Waals surface area contributed by atoms with E-state index >= 15 is 0 Å². The first-order valence-electron chi connectivity index (χ1n) is 5.51. The van der Waals surface area contributed by atoms with Gasteiger partial charge in [0, 0.05) is 0 Å². The fraction of sp³-hybridized carbons (Fsp3) is 0.909. The second-order valence-electron chi connectivity index (χ2n) is 3.87. The topological polar surface area (TPSA) is 35.5 Å². The first-order valence-corrected chi connectivity index (χ1v) is 5.51. The number of esters is 1. The van der Waals surface area contributed by atoms with Gasteiger partial charge in [0.1, 0.15) is 6.61 Å². The first-order chi connectivity index (χ1) is 6.74. The maximum absolute atomic E-state index is 11.0. The zero-order valence-electron chi connectivity index (χ0n) is 9.12. The van der Waals surface area contributed by atoms with Crippen LogP contribution in [0.3, 0.4) is 0 Å². The molecule has 14 heavy (non-hydrogen) atoms. The summed E-state index contributed by atoms with van der Waals surface area (Å²) in [5, 5.41) is 0. The molecular weight excluding hydrogens is 180 g/mol. The standard InChI is InChI=1S/C11H20O3/c1-3-13-11(12)8-14-9(2)10-6-4-5-7-10/h9-10H,3-8H2,1-2H3. The van der Waals surface area contributed by atoms with Gasteiger partial charge in [0.25, 0.3) is 0 Å². The summed E-state index contributed by atoms with van der Waals surface area (Å²) in [7, 11) is 0. The van der Waals surface area contributed by atoms with Crippen LogP contribution in [-0.4, -0.2) is 25.3 Å². The van der Waals surface area contributed by atoms with Crippen LogP contribution in [0.1, 0.15) is 39.5 Å². The van der Waals surface area contributed by atoms with E-state index in [2.05, 4.69) is 6.92 Å². The molecule has 1 fully saturated rings. The van der Waals surface area contributed by atoms with E-state index in [1.54, 1.807) is 6.92 Å². The van der Waals surface area contributed by atoms with Crippen molar-refractivity contribution in [2.24, 2.45) is 5.92 Å². The van der Waals surface area contributed by atoms with E-state index in [0.29, 0.717) is 12.5 Å². The van der Waals surface area contributed by atoms with Crippen LogP contribution in [0.25, 0.3) is 0 Å². The fourth-order valence-corrected chi connectivity index (χ4v) is 1.97. The van der Waals surface area contributed by atoms with Gasteiger partial charge in [0.05, 0.1) is 12.7 Å². The van der Waals surface area contributed by atoms with Gasteiger partial charge >= 0.3 is 5.97 Å². The predicted octanol–water partition coefficient (Wildman–Crippen LogP) is 2.14. The SMILES string of the molecule is CCOC(=O)COC(C)C1CCCC1. The lowest BCUT2D eigenvalue weighted by Gasteiger charge is -2.18. The Hall–Kier alpha value is -0.570. The lowest BCUT2D eigenvalue weighted by molar-refractivity contribution is -0.151. The molecule has 0 aromatic carbocycles. The Kier molecular flexibility index (Phi) is 4.94. The highest BCUT2D eigenvalue weighted by molar-refractivity contribution is 5.70. The molecule has 0 aliphatic heterocycles. The summed E-state index contributed by atoms with van der Waals surface area (Å²) < 4.78 is 10.3. The van der Waals surface area contributed by atoms with E-state index in [-0.39, 0.29) is 18.7 Å². The van der Waals surface area contributed by atoms with Crippen LogP contribution in [-0.2, 0) is 14.3 Å². The van der Waals surface area contributed by atoms with Crippen LogP contribution in [0.2, 0.25) is 0 Å². The molecule has 0 amide bonds. The Labute approximate surface area is 85.8 Å². The van der Waals surface area contributed by atoms with Gasteiger partial charge in [0.15, 0.2) is 0 Å². The molecule has 0 bridgehead atoms. The number of carbonyl (C=O) groups is 1. The monoisotopic (exact) mass is 200 g/mol. The van der Waals surface area contributed by atoms with Gasteiger partial charge in [0.2, 0.25) is 0 Å². The summed E-state index contributed by atoms with van der Waals surface area (Å²) in [6.07, 6.45) is 5.28. The molecule has 3 nitrogen and oxygen atoms in total. The van der Waals surface area contributed by atoms with Crippen LogP contribution in [0.4, 0.5) is 0 Å². The van der Waals surface area contributed by atoms with Crippen molar-refractivity contribution in [1.29, 1.82) is 0 Å². The molecule has 82 valence electrons. The zero-order valence-corrected chi connectivity index (χ0v) is 9.12. The van der Waals surface area contributed by atoms with Crippen molar-refractivity contribution >= 4 is 5.97 Å². The molecule has 0 radical (unpaired) electrons. The van der Waals surface area contributed by atoms with E-state index in [9.17, 15) is 4.79 Å². The second-order valence-corrected chi connectivity index (χ2v) is 3.87. The Bertz CT molecular complexity index is 173. The minimum absolute atomic E-state index is 0.103. The van der Waals surface area contributed by atoms with Crippen molar-refractivity contribution in [3.8, 4) is 0 Å². The molecule has 1 unspecified atom stereocenters. The molecule has 3 heteroatoms. The lowest BCUT2D eigenvalue weighted by atomic mass is 10.0. The Balaban J connectivity index is 2.13. The lowest BCUT2D eigenvalue weighted by Crippen LogP contribution is -2.23. The number of rotatable bonds is 5. The predicted molar refractivity (Wildman–Crippen MR) is 54.0 cm³/mol. The van der Waals surface area contributed by atoms with Gasteiger partial charge in [-0.1, -0.05) is 12.8 Å². The van der Waals surface area contributed by atoms with Gasteiger partial charge in [-0.3, -0.25) is 0 Å². The zero-order chi connectivity index (χ0) is 10.4. The van der Waals surface area contributed by atoms with E-state index in [1.807, 2.05) is 0 Å². The summed E-state index contributed by atoms with van der Waals surface area (Å²) in [6, 6.07) is 0. The van der Waals surface area contributed by atoms with Crippen LogP contribution < -0.4 is 0 Å². The number of carbonyl (C=O) groups excluding carboxylic acids is 1. The highest BCUT2D eigenvalue weighted by atomic mass is 16.6. The van der Waals surface area contributed by atoms with Crippen molar-refractivity contribution in [2.75, 3.05) is 13.2 Å². The molecule has 0 heterocycles. The Morgan fingerprint density at radius 2 is 2.07 bits per heavy atom. The second kappa shape index (κ2) is 6.02. The molecule has 1 rings (SSSR count). The number of hydrogen-bond donors (Lipinski definition) is 0. The summed E-state index contributed by atoms with van der Waals surface area (Å²) in [4.78, 5) is 11.0. The maximum Gasteiger partial charge on any atom is 0.332 e. The Morgan fingerprint density at radius 3 is 2.64 bits per heavy atom. The summed E-state index contributed by atoms with van der Waals surface area (Å²) in [5.74, 6) is 0.391. The van der Waals surface area contributed by atoms with Gasteiger partial charge in [-0.2, -0.15) is 0 Å². The van der Waals surface area contributed by atoms with Crippen LogP contribution in [0, 0.1) is 5.92 Å². The van der Waals surface area contributed by atoms with Crippen LogP contribution in [0.5, 0.6) is 0 Å². The largest absolute Gasteiger partial charge is 0.464 e. The molecule has 0 spiro atoms. The Morgan fingerprint density at radius 1 is 1.43 bits per heavy atom. The summed E-state index contributed by atoms with van der Waals surface area (Å²) in [5.41, 5.74) is 0. The number of ether oxygens (including phenoxy) is 2. The highest BCUT2D eigenvalue weighted by Crippen LogP contribution is 2.28. The van der Waals surface area contributed by atoms with Crippen molar-refractivity contribution in [1.82, 2.24) is 0 Å². The minimum atomic E-state index is -0.252. The van der Waals surface area contributed by atoms with Crippen LogP contribution in [0.15, 0.2) is 0 Å².